The molecule has 0 radical (unpaired) electrons. The Morgan fingerprint density at radius 3 is 2.50 bits per heavy atom. The summed E-state index contributed by atoms with van der Waals surface area (Å²) in [7, 11) is 1.58. The predicted octanol–water partition coefficient (Wildman–Crippen LogP) is 4.92. The van der Waals surface area contributed by atoms with E-state index in [1.165, 1.54) is 22.7 Å². The van der Waals surface area contributed by atoms with Crippen LogP contribution in [0.1, 0.15) is 32.9 Å². The number of nitrogens with zero attached hydrogens (tertiary/aromatic N) is 4. The zero-order valence-corrected chi connectivity index (χ0v) is 23.3. The number of piperazine rings is 1. The third-order valence-corrected chi connectivity index (χ3v) is 7.68. The zero-order chi connectivity index (χ0) is 27.5. The first kappa shape index (κ1) is 26.1. The summed E-state index contributed by atoms with van der Waals surface area (Å²) < 4.78 is 26.9. The van der Waals surface area contributed by atoms with Crippen molar-refractivity contribution < 1.29 is 23.7 Å². The second-order valence-electron chi connectivity index (χ2n) is 9.86. The fourth-order valence-electron chi connectivity index (χ4n) is 4.81. The maximum atomic E-state index is 13.4. The molecule has 1 aromatic heterocycles. The van der Waals surface area contributed by atoms with Gasteiger partial charge in [0, 0.05) is 56.2 Å². The summed E-state index contributed by atoms with van der Waals surface area (Å²) in [5.74, 6) is 3.20. The van der Waals surface area contributed by atoms with Gasteiger partial charge >= 0.3 is 0 Å². The maximum Gasteiger partial charge on any atom is 0.298 e. The van der Waals surface area contributed by atoms with Gasteiger partial charge < -0.3 is 23.8 Å². The van der Waals surface area contributed by atoms with E-state index in [1.54, 1.807) is 25.3 Å². The summed E-state index contributed by atoms with van der Waals surface area (Å²) in [6.07, 6.45) is 0.621. The van der Waals surface area contributed by atoms with Crippen molar-refractivity contribution in [2.45, 2.75) is 19.9 Å². The highest BCUT2D eigenvalue weighted by Crippen LogP contribution is 2.34. The Labute approximate surface area is 237 Å². The fourth-order valence-corrected chi connectivity index (χ4v) is 5.37. The number of hydrogen-bond donors (Lipinski definition) is 0. The first-order chi connectivity index (χ1) is 19.5. The van der Waals surface area contributed by atoms with Crippen LogP contribution in [0.4, 0.5) is 0 Å². The summed E-state index contributed by atoms with van der Waals surface area (Å²) in [5.41, 5.74) is 4.06. The molecule has 0 bridgehead atoms. The monoisotopic (exact) mass is 558 g/mol. The van der Waals surface area contributed by atoms with Gasteiger partial charge in [-0.25, -0.2) is 0 Å². The van der Waals surface area contributed by atoms with Crippen LogP contribution in [-0.2, 0) is 13.0 Å². The van der Waals surface area contributed by atoms with Crippen LogP contribution in [0.3, 0.4) is 0 Å². The SMILES string of the molecule is COc1ccc(C(=O)N2CCN(Cc3ccc4c(c3)OCO4)CC2)cc1Oc1nc(Cc2ccc(C)cc2)ns1. The predicted molar refractivity (Wildman–Crippen MR) is 151 cm³/mol. The molecule has 2 aliphatic rings. The van der Waals surface area contributed by atoms with E-state index in [-0.39, 0.29) is 12.7 Å². The Kier molecular flexibility index (Phi) is 7.52. The largest absolute Gasteiger partial charge is 0.493 e. The molecular weight excluding hydrogens is 528 g/mol. The fraction of sp³-hybridized carbons (Fsp3) is 0.300. The van der Waals surface area contributed by atoms with Crippen molar-refractivity contribution >= 4 is 17.4 Å². The first-order valence-corrected chi connectivity index (χ1v) is 14.0. The third-order valence-electron chi connectivity index (χ3n) is 7.04. The van der Waals surface area contributed by atoms with Gasteiger partial charge in [-0.2, -0.15) is 9.36 Å². The molecule has 3 heterocycles. The lowest BCUT2D eigenvalue weighted by atomic mass is 10.1. The maximum absolute atomic E-state index is 13.4. The highest BCUT2D eigenvalue weighted by molar-refractivity contribution is 7.07. The molecule has 6 rings (SSSR count). The Bertz CT molecular complexity index is 1500. The van der Waals surface area contributed by atoms with Crippen LogP contribution in [-0.4, -0.2) is 65.1 Å². The van der Waals surface area contributed by atoms with E-state index in [1.807, 2.05) is 17.0 Å². The number of benzene rings is 3. The quantitative estimate of drug-likeness (QED) is 0.301. The second-order valence-corrected chi connectivity index (χ2v) is 10.6. The molecule has 1 amide bonds. The molecule has 0 unspecified atom stereocenters. The molecule has 4 aromatic rings. The van der Waals surface area contributed by atoms with E-state index in [2.05, 4.69) is 51.5 Å². The molecule has 0 atom stereocenters. The third kappa shape index (κ3) is 5.88. The van der Waals surface area contributed by atoms with Crippen molar-refractivity contribution in [2.75, 3.05) is 40.1 Å². The molecular formula is C30H30N4O5S. The minimum absolute atomic E-state index is 0.0347. The van der Waals surface area contributed by atoms with E-state index < -0.39 is 0 Å². The van der Waals surface area contributed by atoms with E-state index in [9.17, 15) is 4.79 Å². The molecule has 1 saturated heterocycles. The minimum Gasteiger partial charge on any atom is -0.493 e. The van der Waals surface area contributed by atoms with Gasteiger partial charge in [0.25, 0.3) is 11.1 Å². The van der Waals surface area contributed by atoms with Crippen LogP contribution in [0.2, 0.25) is 0 Å². The Morgan fingerprint density at radius 2 is 1.70 bits per heavy atom. The molecule has 0 N–H and O–H groups in total. The minimum atomic E-state index is -0.0347. The van der Waals surface area contributed by atoms with Gasteiger partial charge in [-0.3, -0.25) is 9.69 Å². The molecule has 2 aliphatic heterocycles. The topological polar surface area (TPSA) is 86.3 Å². The lowest BCUT2D eigenvalue weighted by Gasteiger charge is -2.34. The summed E-state index contributed by atoms with van der Waals surface area (Å²) in [6, 6.07) is 19.6. The lowest BCUT2D eigenvalue weighted by Crippen LogP contribution is -2.48. The normalized spacial score (nSPS) is 14.8. The van der Waals surface area contributed by atoms with Crippen LogP contribution < -0.4 is 18.9 Å². The molecule has 0 saturated carbocycles. The summed E-state index contributed by atoms with van der Waals surface area (Å²) >= 11 is 1.18. The van der Waals surface area contributed by atoms with Gasteiger partial charge in [0.2, 0.25) is 6.79 Å². The number of hydrogen-bond acceptors (Lipinski definition) is 9. The smallest absolute Gasteiger partial charge is 0.298 e. The van der Waals surface area contributed by atoms with E-state index in [0.29, 0.717) is 47.6 Å². The number of methoxy groups -OCH3 is 1. The summed E-state index contributed by atoms with van der Waals surface area (Å²) in [6.45, 7) is 5.99. The molecule has 10 heteroatoms. The van der Waals surface area contributed by atoms with Crippen LogP contribution >= 0.6 is 11.5 Å². The van der Waals surface area contributed by atoms with Crippen LogP contribution in [0, 0.1) is 6.92 Å². The van der Waals surface area contributed by atoms with Crippen molar-refractivity contribution in [3.05, 3.63) is 88.7 Å². The standard InChI is InChI=1S/C30H30N4O5S/c1-20-3-5-21(6-4-20)16-28-31-30(40-32-28)39-27-17-23(8-10-24(27)36-2)29(35)34-13-11-33(12-14-34)18-22-7-9-25-26(15-22)38-19-37-25/h3-10,15,17H,11-14,16,18-19H2,1-2H3. The average molecular weight is 559 g/mol. The molecule has 0 spiro atoms. The second kappa shape index (κ2) is 11.5. The summed E-state index contributed by atoms with van der Waals surface area (Å²) in [5, 5.41) is 0.405. The van der Waals surface area contributed by atoms with Crippen LogP contribution in [0.5, 0.6) is 28.2 Å². The number of fused-ring (bicyclic) bond motifs is 1. The number of carbonyl (C=O) groups excluding carboxylic acids is 1. The lowest BCUT2D eigenvalue weighted by molar-refractivity contribution is 0.0628. The van der Waals surface area contributed by atoms with Gasteiger partial charge in [0.1, 0.15) is 0 Å². The number of carbonyl (C=O) groups is 1. The van der Waals surface area contributed by atoms with Crippen molar-refractivity contribution in [3.8, 4) is 28.2 Å². The van der Waals surface area contributed by atoms with Gasteiger partial charge in [0.05, 0.1) is 7.11 Å². The Hall–Kier alpha value is -4.15. The molecule has 206 valence electrons. The van der Waals surface area contributed by atoms with Crippen LogP contribution in [0.25, 0.3) is 0 Å². The molecule has 9 nitrogen and oxygen atoms in total. The highest BCUT2D eigenvalue weighted by Gasteiger charge is 2.24. The molecule has 3 aromatic carbocycles. The number of amides is 1. The van der Waals surface area contributed by atoms with Crippen molar-refractivity contribution in [1.82, 2.24) is 19.2 Å². The Morgan fingerprint density at radius 1 is 0.925 bits per heavy atom. The van der Waals surface area contributed by atoms with Gasteiger partial charge in [-0.1, -0.05) is 35.9 Å². The molecule has 0 aliphatic carbocycles. The average Bonchev–Trinajstić information content (AvgIpc) is 3.63. The Balaban J connectivity index is 1.08. The van der Waals surface area contributed by atoms with E-state index in [0.717, 1.165) is 36.7 Å². The van der Waals surface area contributed by atoms with Gasteiger partial charge in [0.15, 0.2) is 28.8 Å². The van der Waals surface area contributed by atoms with Crippen LogP contribution in [0.15, 0.2) is 60.7 Å². The number of aryl methyl sites for hydroxylation is 1. The molecule has 40 heavy (non-hydrogen) atoms. The van der Waals surface area contributed by atoms with Crippen molar-refractivity contribution in [3.63, 3.8) is 0 Å². The van der Waals surface area contributed by atoms with E-state index in [4.69, 9.17) is 18.9 Å². The number of rotatable bonds is 8. The highest BCUT2D eigenvalue weighted by atomic mass is 32.1. The van der Waals surface area contributed by atoms with E-state index >= 15 is 0 Å². The number of ether oxygens (including phenoxy) is 4. The zero-order valence-electron chi connectivity index (χ0n) is 22.5. The first-order valence-electron chi connectivity index (χ1n) is 13.2. The van der Waals surface area contributed by atoms with Gasteiger partial charge in [-0.05, 0) is 48.4 Å². The summed E-state index contributed by atoms with van der Waals surface area (Å²) in [4.78, 5) is 22.1. The van der Waals surface area contributed by atoms with Gasteiger partial charge in [-0.15, -0.1) is 0 Å². The number of aromatic nitrogens is 2. The molecule has 1 fully saturated rings. The van der Waals surface area contributed by atoms with Crippen molar-refractivity contribution in [2.24, 2.45) is 0 Å². The van der Waals surface area contributed by atoms with Crippen molar-refractivity contribution in [1.29, 1.82) is 0 Å².